The van der Waals surface area contributed by atoms with E-state index in [4.69, 9.17) is 16.3 Å². The lowest BCUT2D eigenvalue weighted by Crippen LogP contribution is -2.04. The molecule has 3 heteroatoms. The van der Waals surface area contributed by atoms with Crippen LogP contribution in [0.25, 0.3) is 6.08 Å². The number of carbonyl (C=O) groups excluding carboxylic acids is 1. The summed E-state index contributed by atoms with van der Waals surface area (Å²) < 4.78 is 5.14. The van der Waals surface area contributed by atoms with E-state index in [0.29, 0.717) is 18.1 Å². The molecule has 0 spiro atoms. The van der Waals surface area contributed by atoms with Gasteiger partial charge in [-0.3, -0.25) is 0 Å². The molecule has 102 valence electrons. The second-order valence-corrected chi connectivity index (χ2v) is 4.67. The van der Waals surface area contributed by atoms with Crippen molar-refractivity contribution in [1.82, 2.24) is 0 Å². The average molecular weight is 287 g/mol. The zero-order valence-corrected chi connectivity index (χ0v) is 11.7. The predicted molar refractivity (Wildman–Crippen MR) is 81.6 cm³/mol. The lowest BCUT2D eigenvalue weighted by molar-refractivity contribution is -0.137. The number of carbonyl (C=O) groups is 1. The number of hydrogen-bond donors (Lipinski definition) is 0. The molecule has 0 amide bonds. The fourth-order valence-corrected chi connectivity index (χ4v) is 1.93. The Hall–Kier alpha value is -2.06. The van der Waals surface area contributed by atoms with Gasteiger partial charge in [0.05, 0.1) is 6.61 Å². The molecular weight excluding hydrogens is 272 g/mol. The highest BCUT2D eigenvalue weighted by Crippen LogP contribution is 2.16. The Labute approximate surface area is 123 Å². The Morgan fingerprint density at radius 3 is 2.50 bits per heavy atom. The molecule has 2 rings (SSSR count). The van der Waals surface area contributed by atoms with Crippen LogP contribution in [-0.4, -0.2) is 12.6 Å². The van der Waals surface area contributed by atoms with Crippen LogP contribution in [0.3, 0.4) is 0 Å². The van der Waals surface area contributed by atoms with Crippen LogP contribution in [0.2, 0.25) is 5.02 Å². The minimum absolute atomic E-state index is 0.360. The summed E-state index contributed by atoms with van der Waals surface area (Å²) in [4.78, 5) is 11.6. The normalized spacial score (nSPS) is 10.7. The molecule has 2 aromatic carbocycles. The van der Waals surface area contributed by atoms with Crippen LogP contribution >= 0.6 is 11.6 Å². The summed E-state index contributed by atoms with van der Waals surface area (Å²) in [7, 11) is 0. The van der Waals surface area contributed by atoms with Crippen molar-refractivity contribution in [3.8, 4) is 0 Å². The van der Waals surface area contributed by atoms with Crippen molar-refractivity contribution in [2.45, 2.75) is 6.42 Å². The molecule has 0 saturated carbocycles. The first-order chi connectivity index (χ1) is 9.75. The molecule has 0 N–H and O–H groups in total. The Bertz CT molecular complexity index is 591. The van der Waals surface area contributed by atoms with Crippen molar-refractivity contribution in [2.75, 3.05) is 6.61 Å². The van der Waals surface area contributed by atoms with Crippen LogP contribution in [0, 0.1) is 0 Å². The number of ether oxygens (including phenoxy) is 1. The van der Waals surface area contributed by atoms with E-state index in [1.54, 1.807) is 12.1 Å². The van der Waals surface area contributed by atoms with Gasteiger partial charge in [-0.25, -0.2) is 4.79 Å². The van der Waals surface area contributed by atoms with E-state index >= 15 is 0 Å². The second-order valence-electron chi connectivity index (χ2n) is 4.26. The summed E-state index contributed by atoms with van der Waals surface area (Å²) in [5, 5.41) is 0.612. The van der Waals surface area contributed by atoms with Crippen LogP contribution in [0.15, 0.2) is 60.7 Å². The van der Waals surface area contributed by atoms with Crippen molar-refractivity contribution < 1.29 is 9.53 Å². The SMILES string of the molecule is O=C(/C=C/c1ccccc1Cl)OCCc1ccccc1. The molecule has 0 saturated heterocycles. The highest BCUT2D eigenvalue weighted by Gasteiger charge is 1.99. The van der Waals surface area contributed by atoms with Gasteiger partial charge in [-0.2, -0.15) is 0 Å². The first-order valence-electron chi connectivity index (χ1n) is 6.39. The average Bonchev–Trinajstić information content (AvgIpc) is 2.47. The molecule has 0 radical (unpaired) electrons. The molecule has 2 aromatic rings. The van der Waals surface area contributed by atoms with E-state index < -0.39 is 0 Å². The molecule has 0 atom stereocenters. The van der Waals surface area contributed by atoms with Gasteiger partial charge in [0.25, 0.3) is 0 Å². The summed E-state index contributed by atoms with van der Waals surface area (Å²) in [6.07, 6.45) is 3.77. The largest absolute Gasteiger partial charge is 0.462 e. The highest BCUT2D eigenvalue weighted by molar-refractivity contribution is 6.32. The van der Waals surface area contributed by atoms with E-state index in [1.165, 1.54) is 6.08 Å². The highest BCUT2D eigenvalue weighted by atomic mass is 35.5. The number of hydrogen-bond acceptors (Lipinski definition) is 2. The Balaban J connectivity index is 1.80. The van der Waals surface area contributed by atoms with Gasteiger partial charge in [-0.15, -0.1) is 0 Å². The summed E-state index contributed by atoms with van der Waals surface area (Å²) >= 11 is 5.99. The maximum Gasteiger partial charge on any atom is 0.330 e. The molecule has 0 aliphatic rings. The zero-order chi connectivity index (χ0) is 14.2. The van der Waals surface area contributed by atoms with E-state index in [2.05, 4.69) is 0 Å². The summed E-state index contributed by atoms with van der Waals surface area (Å²) in [5.74, 6) is -0.360. The van der Waals surface area contributed by atoms with Gasteiger partial charge < -0.3 is 4.74 Å². The van der Waals surface area contributed by atoms with Crippen LogP contribution in [0.5, 0.6) is 0 Å². The topological polar surface area (TPSA) is 26.3 Å². The van der Waals surface area contributed by atoms with Gasteiger partial charge in [0, 0.05) is 17.5 Å². The van der Waals surface area contributed by atoms with E-state index in [0.717, 1.165) is 11.1 Å². The Morgan fingerprint density at radius 2 is 1.75 bits per heavy atom. The van der Waals surface area contributed by atoms with Crippen molar-refractivity contribution in [1.29, 1.82) is 0 Å². The third-order valence-corrected chi connectivity index (χ3v) is 3.13. The number of esters is 1. The molecule has 0 bridgehead atoms. The quantitative estimate of drug-likeness (QED) is 0.610. The van der Waals surface area contributed by atoms with E-state index in [1.807, 2.05) is 48.5 Å². The maximum atomic E-state index is 11.6. The first-order valence-corrected chi connectivity index (χ1v) is 6.77. The van der Waals surface area contributed by atoms with Crippen LogP contribution in [0.1, 0.15) is 11.1 Å². The monoisotopic (exact) mass is 286 g/mol. The van der Waals surface area contributed by atoms with Crippen molar-refractivity contribution in [2.24, 2.45) is 0 Å². The second kappa shape index (κ2) is 7.51. The van der Waals surface area contributed by atoms with Gasteiger partial charge in [-0.1, -0.05) is 60.1 Å². The molecule has 0 heterocycles. The molecule has 0 aromatic heterocycles. The zero-order valence-electron chi connectivity index (χ0n) is 11.0. The van der Waals surface area contributed by atoms with Crippen molar-refractivity contribution in [3.63, 3.8) is 0 Å². The minimum Gasteiger partial charge on any atom is -0.462 e. The third-order valence-electron chi connectivity index (χ3n) is 2.78. The first kappa shape index (κ1) is 14.4. The molecular formula is C17H15ClO2. The van der Waals surface area contributed by atoms with Gasteiger partial charge in [0.15, 0.2) is 0 Å². The number of rotatable bonds is 5. The molecule has 20 heavy (non-hydrogen) atoms. The molecule has 0 fully saturated rings. The Kier molecular flexibility index (Phi) is 5.39. The van der Waals surface area contributed by atoms with Crippen LogP contribution < -0.4 is 0 Å². The summed E-state index contributed by atoms with van der Waals surface area (Å²) in [5.41, 5.74) is 1.95. The van der Waals surface area contributed by atoms with Crippen LogP contribution in [-0.2, 0) is 16.0 Å². The molecule has 0 aliphatic heterocycles. The predicted octanol–water partition coefficient (Wildman–Crippen LogP) is 4.14. The number of benzene rings is 2. The smallest absolute Gasteiger partial charge is 0.330 e. The Morgan fingerprint density at radius 1 is 1.05 bits per heavy atom. The van der Waals surface area contributed by atoms with Gasteiger partial charge in [-0.05, 0) is 23.3 Å². The van der Waals surface area contributed by atoms with E-state index in [-0.39, 0.29) is 5.97 Å². The summed E-state index contributed by atoms with van der Waals surface area (Å²) in [6.45, 7) is 0.371. The van der Waals surface area contributed by atoms with E-state index in [9.17, 15) is 4.79 Å². The maximum absolute atomic E-state index is 11.6. The van der Waals surface area contributed by atoms with Gasteiger partial charge >= 0.3 is 5.97 Å². The van der Waals surface area contributed by atoms with Crippen molar-refractivity contribution in [3.05, 3.63) is 76.8 Å². The molecule has 2 nitrogen and oxygen atoms in total. The van der Waals surface area contributed by atoms with Crippen LogP contribution in [0.4, 0.5) is 0 Å². The lowest BCUT2D eigenvalue weighted by Gasteiger charge is -2.02. The van der Waals surface area contributed by atoms with Gasteiger partial charge in [0.1, 0.15) is 0 Å². The fourth-order valence-electron chi connectivity index (χ4n) is 1.73. The molecule has 0 aliphatic carbocycles. The lowest BCUT2D eigenvalue weighted by atomic mass is 10.2. The fraction of sp³-hybridized carbons (Fsp3) is 0.118. The minimum atomic E-state index is -0.360. The van der Waals surface area contributed by atoms with Crippen molar-refractivity contribution >= 4 is 23.6 Å². The molecule has 0 unspecified atom stereocenters. The standard InChI is InChI=1S/C17H15ClO2/c18-16-9-5-4-8-15(16)10-11-17(19)20-13-12-14-6-2-1-3-7-14/h1-11H,12-13H2/b11-10+. The summed E-state index contributed by atoms with van der Waals surface area (Å²) in [6, 6.07) is 17.2. The number of halogens is 1. The van der Waals surface area contributed by atoms with Gasteiger partial charge in [0.2, 0.25) is 0 Å². The third kappa shape index (κ3) is 4.56.